The minimum Gasteiger partial charge on any atom is -0.385 e. The number of nitrogens with two attached hydrogens (primary N) is 1. The fourth-order valence-electron chi connectivity index (χ4n) is 3.51. The smallest absolute Gasteiger partial charge is 0.179 e. The Balaban J connectivity index is 1.56. The van der Waals surface area contributed by atoms with Crippen molar-refractivity contribution in [2.75, 3.05) is 13.1 Å². The zero-order chi connectivity index (χ0) is 19.4. The summed E-state index contributed by atoms with van der Waals surface area (Å²) in [4.78, 5) is 14.0. The highest BCUT2D eigenvalue weighted by Gasteiger charge is 2.36. The van der Waals surface area contributed by atoms with E-state index in [2.05, 4.69) is 0 Å². The van der Waals surface area contributed by atoms with Gasteiger partial charge in [0.05, 0.1) is 11.6 Å². The van der Waals surface area contributed by atoms with Crippen molar-refractivity contribution in [1.82, 2.24) is 4.90 Å². The second-order valence-corrected chi connectivity index (χ2v) is 7.52. The average molecular weight is 391 g/mol. The van der Waals surface area contributed by atoms with E-state index in [1.807, 2.05) is 6.07 Å². The molecule has 1 saturated heterocycles. The van der Waals surface area contributed by atoms with Crippen LogP contribution in [0, 0.1) is 0 Å². The lowest BCUT2D eigenvalue weighted by molar-refractivity contribution is -0.0563. The maximum Gasteiger partial charge on any atom is 0.179 e. The summed E-state index contributed by atoms with van der Waals surface area (Å²) in [5, 5.41) is 11.5. The van der Waals surface area contributed by atoms with E-state index in [0.717, 1.165) is 5.56 Å². The number of alkyl halides is 1. The van der Waals surface area contributed by atoms with Gasteiger partial charge in [-0.15, -0.1) is 0 Å². The maximum absolute atomic E-state index is 14.7. The highest BCUT2D eigenvalue weighted by atomic mass is 35.5. The zero-order valence-electron chi connectivity index (χ0n) is 15.0. The van der Waals surface area contributed by atoms with Crippen molar-refractivity contribution < 1.29 is 14.3 Å². The number of hydrogen-bond acceptors (Lipinski definition) is 4. The Labute approximate surface area is 163 Å². The van der Waals surface area contributed by atoms with E-state index in [-0.39, 0.29) is 12.2 Å². The van der Waals surface area contributed by atoms with Crippen molar-refractivity contribution in [3.8, 4) is 0 Å². The van der Waals surface area contributed by atoms with E-state index in [0.29, 0.717) is 36.5 Å². The molecule has 0 aliphatic carbocycles. The lowest BCUT2D eigenvalue weighted by atomic mass is 9.84. The quantitative estimate of drug-likeness (QED) is 0.585. The van der Waals surface area contributed by atoms with Gasteiger partial charge in [0.25, 0.3) is 0 Å². The third-order valence-electron chi connectivity index (χ3n) is 5.25. The monoisotopic (exact) mass is 390 g/mol. The van der Waals surface area contributed by atoms with Crippen LogP contribution in [0.15, 0.2) is 54.6 Å². The van der Waals surface area contributed by atoms with Gasteiger partial charge < -0.3 is 10.8 Å². The Hall–Kier alpha value is -1.79. The first-order valence-corrected chi connectivity index (χ1v) is 9.48. The van der Waals surface area contributed by atoms with E-state index in [1.54, 1.807) is 53.4 Å². The SMILES string of the molecule is NC(CC(F)N1CCC(O)(c2ccc(Cl)cc2)CC1)C(=O)c1ccccc1. The third-order valence-corrected chi connectivity index (χ3v) is 5.50. The normalized spacial score (nSPS) is 19.4. The number of benzene rings is 2. The molecule has 1 aliphatic rings. The summed E-state index contributed by atoms with van der Waals surface area (Å²) in [6.07, 6.45) is -0.552. The molecule has 4 nitrogen and oxygen atoms in total. The number of hydrogen-bond donors (Lipinski definition) is 2. The van der Waals surface area contributed by atoms with Gasteiger partial charge in [0.1, 0.15) is 0 Å². The van der Waals surface area contributed by atoms with Gasteiger partial charge in [0.2, 0.25) is 0 Å². The molecule has 0 aromatic heterocycles. The third kappa shape index (κ3) is 4.74. The Bertz CT molecular complexity index is 762. The van der Waals surface area contributed by atoms with Gasteiger partial charge in [-0.3, -0.25) is 9.69 Å². The van der Waals surface area contributed by atoms with Crippen LogP contribution >= 0.6 is 11.6 Å². The Morgan fingerprint density at radius 2 is 1.74 bits per heavy atom. The number of carbonyl (C=O) groups is 1. The van der Waals surface area contributed by atoms with Crippen molar-refractivity contribution in [3.63, 3.8) is 0 Å². The highest BCUT2D eigenvalue weighted by Crippen LogP contribution is 2.34. The first-order valence-electron chi connectivity index (χ1n) is 9.10. The molecule has 1 fully saturated rings. The van der Waals surface area contributed by atoms with Crippen molar-refractivity contribution >= 4 is 17.4 Å². The molecule has 2 atom stereocenters. The van der Waals surface area contributed by atoms with Gasteiger partial charge in [-0.25, -0.2) is 4.39 Å². The number of nitrogens with zero attached hydrogens (tertiary/aromatic N) is 1. The molecule has 0 saturated carbocycles. The molecule has 2 unspecified atom stereocenters. The summed E-state index contributed by atoms with van der Waals surface area (Å²) in [6.45, 7) is 0.791. The molecule has 0 bridgehead atoms. The Kier molecular flexibility index (Phi) is 6.27. The lowest BCUT2D eigenvalue weighted by Gasteiger charge is -2.40. The van der Waals surface area contributed by atoms with Crippen LogP contribution in [0.4, 0.5) is 4.39 Å². The first kappa shape index (κ1) is 20.0. The first-order chi connectivity index (χ1) is 12.9. The molecule has 144 valence electrons. The maximum atomic E-state index is 14.7. The van der Waals surface area contributed by atoms with Gasteiger partial charge in [-0.05, 0) is 30.5 Å². The van der Waals surface area contributed by atoms with Gasteiger partial charge in [0.15, 0.2) is 12.1 Å². The summed E-state index contributed by atoms with van der Waals surface area (Å²) < 4.78 is 14.7. The number of likely N-dealkylation sites (tertiary alicyclic amines) is 1. The van der Waals surface area contributed by atoms with E-state index >= 15 is 0 Å². The van der Waals surface area contributed by atoms with E-state index in [1.165, 1.54) is 0 Å². The second-order valence-electron chi connectivity index (χ2n) is 7.08. The molecule has 1 heterocycles. The predicted molar refractivity (Wildman–Crippen MR) is 104 cm³/mol. The standard InChI is InChI=1S/C21H24ClFN2O2/c22-17-8-6-16(7-9-17)21(27)10-12-25(13-11-21)19(23)14-18(24)20(26)15-4-2-1-3-5-15/h1-9,18-19,27H,10-14,24H2. The molecule has 6 heteroatoms. The van der Waals surface area contributed by atoms with Crippen molar-refractivity contribution in [1.29, 1.82) is 0 Å². The molecule has 0 spiro atoms. The molecular weight excluding hydrogens is 367 g/mol. The van der Waals surface area contributed by atoms with E-state index in [9.17, 15) is 14.3 Å². The number of rotatable bonds is 6. The van der Waals surface area contributed by atoms with Crippen LogP contribution in [-0.2, 0) is 5.60 Å². The van der Waals surface area contributed by atoms with E-state index < -0.39 is 17.9 Å². The molecule has 3 N–H and O–H groups in total. The van der Waals surface area contributed by atoms with Crippen LogP contribution in [0.3, 0.4) is 0 Å². The number of carbonyl (C=O) groups excluding carboxylic acids is 1. The van der Waals surface area contributed by atoms with Gasteiger partial charge in [-0.1, -0.05) is 54.1 Å². The molecule has 0 radical (unpaired) electrons. The van der Waals surface area contributed by atoms with Crippen molar-refractivity contribution in [3.05, 3.63) is 70.7 Å². The number of halogens is 2. The van der Waals surface area contributed by atoms with Crippen LogP contribution in [-0.4, -0.2) is 41.2 Å². The summed E-state index contributed by atoms with van der Waals surface area (Å²) in [6, 6.07) is 14.9. The van der Waals surface area contributed by atoms with Gasteiger partial charge >= 0.3 is 0 Å². The number of Topliss-reactive ketones (excluding diaryl/α,β-unsaturated/α-hetero) is 1. The topological polar surface area (TPSA) is 66.6 Å². The van der Waals surface area contributed by atoms with Crippen molar-refractivity contribution in [2.24, 2.45) is 5.73 Å². The molecule has 2 aromatic carbocycles. The number of piperidine rings is 1. The molecule has 1 aliphatic heterocycles. The fourth-order valence-corrected chi connectivity index (χ4v) is 3.63. The molecule has 27 heavy (non-hydrogen) atoms. The summed E-state index contributed by atoms with van der Waals surface area (Å²) in [5.74, 6) is -0.257. The highest BCUT2D eigenvalue weighted by molar-refractivity contribution is 6.30. The van der Waals surface area contributed by atoms with Crippen LogP contribution in [0.5, 0.6) is 0 Å². The van der Waals surface area contributed by atoms with Crippen LogP contribution in [0.25, 0.3) is 0 Å². The summed E-state index contributed by atoms with van der Waals surface area (Å²) in [5.41, 5.74) is 6.24. The fraction of sp³-hybridized carbons (Fsp3) is 0.381. The minimum atomic E-state index is -1.32. The average Bonchev–Trinajstić information content (AvgIpc) is 2.69. The minimum absolute atomic E-state index is 0.0624. The Morgan fingerprint density at radius 1 is 1.15 bits per heavy atom. The summed E-state index contributed by atoms with van der Waals surface area (Å²) >= 11 is 5.90. The zero-order valence-corrected chi connectivity index (χ0v) is 15.8. The van der Waals surface area contributed by atoms with E-state index in [4.69, 9.17) is 17.3 Å². The predicted octanol–water partition coefficient (Wildman–Crippen LogP) is 3.52. The van der Waals surface area contributed by atoms with Crippen LogP contribution < -0.4 is 5.73 Å². The van der Waals surface area contributed by atoms with Crippen LogP contribution in [0.2, 0.25) is 5.02 Å². The lowest BCUT2D eigenvalue weighted by Crippen LogP contribution is -2.48. The van der Waals surface area contributed by atoms with Gasteiger partial charge in [-0.2, -0.15) is 0 Å². The second kappa shape index (κ2) is 8.48. The molecule has 2 aromatic rings. The molecular formula is C21H24ClFN2O2. The van der Waals surface area contributed by atoms with Gasteiger partial charge in [0, 0.05) is 30.1 Å². The molecule has 3 rings (SSSR count). The number of ketones is 1. The van der Waals surface area contributed by atoms with Crippen LogP contribution in [0.1, 0.15) is 35.2 Å². The largest absolute Gasteiger partial charge is 0.385 e. The molecule has 0 amide bonds. The van der Waals surface area contributed by atoms with Crippen molar-refractivity contribution in [2.45, 2.75) is 37.2 Å². The Morgan fingerprint density at radius 3 is 2.33 bits per heavy atom. The number of aliphatic hydroxyl groups is 1. The summed E-state index contributed by atoms with van der Waals surface area (Å²) in [7, 11) is 0.